The molecule has 0 unspecified atom stereocenters. The maximum absolute atomic E-state index is 10.8. The first kappa shape index (κ1) is 10.8. The van der Waals surface area contributed by atoms with Crippen molar-refractivity contribution in [1.29, 1.82) is 0 Å². The molecule has 3 nitrogen and oxygen atoms in total. The molecule has 1 aromatic carbocycles. The van der Waals surface area contributed by atoms with E-state index in [0.29, 0.717) is 0 Å². The lowest BCUT2D eigenvalue weighted by molar-refractivity contribution is 0.0702. The maximum atomic E-state index is 10.8. The topological polar surface area (TPSA) is 50.2 Å². The molecular formula is C12H11NO2S. The SMILES string of the molecule is Cc1cccc(-c2ncc(C(=O)O)s2)c1C. The molecule has 0 saturated heterocycles. The van der Waals surface area contributed by atoms with Crippen molar-refractivity contribution >= 4 is 17.3 Å². The van der Waals surface area contributed by atoms with Crippen molar-refractivity contribution in [2.24, 2.45) is 0 Å². The summed E-state index contributed by atoms with van der Waals surface area (Å²) in [6.07, 6.45) is 1.41. The van der Waals surface area contributed by atoms with Gasteiger partial charge in [0.2, 0.25) is 0 Å². The van der Waals surface area contributed by atoms with Gasteiger partial charge in [-0.2, -0.15) is 0 Å². The predicted molar refractivity (Wildman–Crippen MR) is 64.0 cm³/mol. The maximum Gasteiger partial charge on any atom is 0.347 e. The van der Waals surface area contributed by atoms with Crippen molar-refractivity contribution in [1.82, 2.24) is 4.98 Å². The van der Waals surface area contributed by atoms with Crippen molar-refractivity contribution in [3.05, 3.63) is 40.4 Å². The Morgan fingerprint density at radius 3 is 2.75 bits per heavy atom. The van der Waals surface area contributed by atoms with Crippen LogP contribution in [0.3, 0.4) is 0 Å². The van der Waals surface area contributed by atoms with Crippen molar-refractivity contribution in [3.8, 4) is 10.6 Å². The first-order valence-corrected chi connectivity index (χ1v) is 5.67. The van der Waals surface area contributed by atoms with Gasteiger partial charge in [-0.3, -0.25) is 0 Å². The van der Waals surface area contributed by atoms with Crippen LogP contribution in [0.2, 0.25) is 0 Å². The largest absolute Gasteiger partial charge is 0.477 e. The molecule has 16 heavy (non-hydrogen) atoms. The molecule has 1 N–H and O–H groups in total. The van der Waals surface area contributed by atoms with Crippen LogP contribution in [0.15, 0.2) is 24.4 Å². The van der Waals surface area contributed by atoms with Crippen molar-refractivity contribution < 1.29 is 9.90 Å². The Morgan fingerprint density at radius 1 is 1.38 bits per heavy atom. The van der Waals surface area contributed by atoms with Crippen LogP contribution in [0.5, 0.6) is 0 Å². The van der Waals surface area contributed by atoms with Gasteiger partial charge in [-0.25, -0.2) is 9.78 Å². The average molecular weight is 233 g/mol. The Bertz CT molecular complexity index is 546. The molecule has 0 atom stereocenters. The molecule has 0 bridgehead atoms. The van der Waals surface area contributed by atoms with Crippen LogP contribution in [0.25, 0.3) is 10.6 Å². The first-order valence-electron chi connectivity index (χ1n) is 4.85. The third-order valence-electron chi connectivity index (χ3n) is 2.55. The van der Waals surface area contributed by atoms with Crippen molar-refractivity contribution in [2.75, 3.05) is 0 Å². The van der Waals surface area contributed by atoms with E-state index in [0.717, 1.165) is 16.1 Å². The molecule has 0 aliphatic heterocycles. The normalized spacial score (nSPS) is 10.4. The third-order valence-corrected chi connectivity index (χ3v) is 3.57. The Kier molecular flexibility index (Phi) is 2.75. The molecule has 1 heterocycles. The van der Waals surface area contributed by atoms with Crippen LogP contribution in [0, 0.1) is 13.8 Å². The number of aromatic nitrogens is 1. The van der Waals surface area contributed by atoms with E-state index in [9.17, 15) is 4.79 Å². The summed E-state index contributed by atoms with van der Waals surface area (Å²) in [5.41, 5.74) is 3.34. The molecule has 4 heteroatoms. The minimum atomic E-state index is -0.922. The molecule has 1 aromatic heterocycles. The number of nitrogens with zero attached hydrogens (tertiary/aromatic N) is 1. The summed E-state index contributed by atoms with van der Waals surface area (Å²) in [5, 5.41) is 9.60. The number of carbonyl (C=O) groups is 1. The van der Waals surface area contributed by atoms with Gasteiger partial charge in [-0.1, -0.05) is 18.2 Å². The fraction of sp³-hybridized carbons (Fsp3) is 0.167. The highest BCUT2D eigenvalue weighted by atomic mass is 32.1. The zero-order valence-corrected chi connectivity index (χ0v) is 9.84. The summed E-state index contributed by atoms with van der Waals surface area (Å²) < 4.78 is 0. The summed E-state index contributed by atoms with van der Waals surface area (Å²) in [7, 11) is 0. The van der Waals surface area contributed by atoms with E-state index in [1.54, 1.807) is 0 Å². The number of carboxylic acid groups (broad SMARTS) is 1. The lowest BCUT2D eigenvalue weighted by atomic mass is 10.0. The van der Waals surface area contributed by atoms with Crippen LogP contribution in [-0.2, 0) is 0 Å². The smallest absolute Gasteiger partial charge is 0.347 e. The minimum absolute atomic E-state index is 0.274. The molecule has 0 aliphatic carbocycles. The fourth-order valence-corrected chi connectivity index (χ4v) is 2.32. The molecule has 0 amide bonds. The number of hydrogen-bond acceptors (Lipinski definition) is 3. The zero-order valence-electron chi connectivity index (χ0n) is 9.02. The predicted octanol–water partition coefficient (Wildman–Crippen LogP) is 3.13. The van der Waals surface area contributed by atoms with Crippen molar-refractivity contribution in [2.45, 2.75) is 13.8 Å². The highest BCUT2D eigenvalue weighted by Crippen LogP contribution is 2.29. The molecule has 2 rings (SSSR count). The second-order valence-corrected chi connectivity index (χ2v) is 4.61. The van der Waals surface area contributed by atoms with Gasteiger partial charge in [0.15, 0.2) is 0 Å². The van der Waals surface area contributed by atoms with E-state index < -0.39 is 5.97 Å². The molecule has 0 saturated carbocycles. The van der Waals surface area contributed by atoms with Gasteiger partial charge in [0.1, 0.15) is 9.88 Å². The van der Waals surface area contributed by atoms with E-state index >= 15 is 0 Å². The van der Waals surface area contributed by atoms with Crippen LogP contribution >= 0.6 is 11.3 Å². The second kappa shape index (κ2) is 4.06. The Labute approximate surface area is 97.4 Å². The molecular weight excluding hydrogens is 222 g/mol. The summed E-state index contributed by atoms with van der Waals surface area (Å²) in [5.74, 6) is -0.922. The van der Waals surface area contributed by atoms with Gasteiger partial charge >= 0.3 is 5.97 Å². The van der Waals surface area contributed by atoms with Gasteiger partial charge in [-0.05, 0) is 25.0 Å². The standard InChI is InChI=1S/C12H11NO2S/c1-7-4-3-5-9(8(7)2)11-13-6-10(16-11)12(14)15/h3-6H,1-2H3,(H,14,15). The lowest BCUT2D eigenvalue weighted by Crippen LogP contribution is -1.89. The van der Waals surface area contributed by atoms with Gasteiger partial charge in [0, 0.05) is 5.56 Å². The summed E-state index contributed by atoms with van der Waals surface area (Å²) in [6, 6.07) is 5.96. The van der Waals surface area contributed by atoms with E-state index in [1.807, 2.05) is 32.0 Å². The summed E-state index contributed by atoms with van der Waals surface area (Å²) >= 11 is 1.21. The second-order valence-electron chi connectivity index (χ2n) is 3.58. The number of benzene rings is 1. The highest BCUT2D eigenvalue weighted by Gasteiger charge is 2.11. The van der Waals surface area contributed by atoms with E-state index in [1.165, 1.54) is 23.1 Å². The Balaban J connectivity index is 2.50. The average Bonchev–Trinajstić information content (AvgIpc) is 2.71. The van der Waals surface area contributed by atoms with Gasteiger partial charge in [-0.15, -0.1) is 11.3 Å². The van der Waals surface area contributed by atoms with Crippen LogP contribution in [-0.4, -0.2) is 16.1 Å². The van der Waals surface area contributed by atoms with Crippen LogP contribution < -0.4 is 0 Å². The monoisotopic (exact) mass is 233 g/mol. The highest BCUT2D eigenvalue weighted by molar-refractivity contribution is 7.16. The number of thiazole rings is 1. The third kappa shape index (κ3) is 1.84. The molecule has 0 spiro atoms. The van der Waals surface area contributed by atoms with Gasteiger partial charge in [0.05, 0.1) is 6.20 Å². The molecule has 0 fully saturated rings. The quantitative estimate of drug-likeness (QED) is 0.867. The fourth-order valence-electron chi connectivity index (χ4n) is 1.48. The minimum Gasteiger partial charge on any atom is -0.477 e. The van der Waals surface area contributed by atoms with Gasteiger partial charge < -0.3 is 5.11 Å². The molecule has 82 valence electrons. The summed E-state index contributed by atoms with van der Waals surface area (Å²) in [6.45, 7) is 4.05. The van der Waals surface area contributed by atoms with Crippen LogP contribution in [0.4, 0.5) is 0 Å². The molecule has 2 aromatic rings. The van der Waals surface area contributed by atoms with E-state index in [2.05, 4.69) is 4.98 Å². The van der Waals surface area contributed by atoms with E-state index in [4.69, 9.17) is 5.11 Å². The number of aromatic carboxylic acids is 1. The molecule has 0 aliphatic rings. The Hall–Kier alpha value is -1.68. The van der Waals surface area contributed by atoms with Crippen molar-refractivity contribution in [3.63, 3.8) is 0 Å². The first-order chi connectivity index (χ1) is 7.59. The lowest BCUT2D eigenvalue weighted by Gasteiger charge is -2.04. The summed E-state index contributed by atoms with van der Waals surface area (Å²) in [4.78, 5) is 15.2. The van der Waals surface area contributed by atoms with Crippen LogP contribution in [0.1, 0.15) is 20.8 Å². The number of hydrogen-bond donors (Lipinski definition) is 1. The van der Waals surface area contributed by atoms with E-state index in [-0.39, 0.29) is 4.88 Å². The zero-order chi connectivity index (χ0) is 11.7. The number of aryl methyl sites for hydroxylation is 1. The Morgan fingerprint density at radius 2 is 2.12 bits per heavy atom. The van der Waals surface area contributed by atoms with Gasteiger partial charge in [0.25, 0.3) is 0 Å². The number of carboxylic acids is 1. The molecule has 0 radical (unpaired) electrons. The number of rotatable bonds is 2.